The fourth-order valence-electron chi connectivity index (χ4n) is 4.18. The molecule has 3 rings (SSSR count). The van der Waals surface area contributed by atoms with E-state index in [1.165, 1.54) is 23.4 Å². The van der Waals surface area contributed by atoms with Gasteiger partial charge in [0, 0.05) is 13.0 Å². The number of nitrogens with one attached hydrogen (secondary N) is 2. The van der Waals surface area contributed by atoms with E-state index in [-0.39, 0.29) is 43.4 Å². The normalized spacial score (nSPS) is 21.3. The zero-order valence-corrected chi connectivity index (χ0v) is 19.1. The van der Waals surface area contributed by atoms with Crippen LogP contribution in [0.2, 0.25) is 0 Å². The molecule has 0 radical (unpaired) electrons. The molecule has 2 aliphatic heterocycles. The number of hydrazine groups is 1. The summed E-state index contributed by atoms with van der Waals surface area (Å²) in [4.78, 5) is 66.9. The van der Waals surface area contributed by atoms with E-state index < -0.39 is 41.6 Å². The topological polar surface area (TPSA) is 165 Å². The molecule has 0 aromatic carbocycles. The van der Waals surface area contributed by atoms with E-state index in [1.807, 2.05) is 13.8 Å². The molecule has 0 unspecified atom stereocenters. The number of fused-ring (bicyclic) bond motifs is 1. The van der Waals surface area contributed by atoms with E-state index in [9.17, 15) is 24.0 Å². The van der Waals surface area contributed by atoms with Crippen LogP contribution >= 0.6 is 0 Å². The highest BCUT2D eigenvalue weighted by atomic mass is 16.3. The van der Waals surface area contributed by atoms with Crippen LogP contribution in [0.4, 0.5) is 0 Å². The maximum atomic E-state index is 13.4. The van der Waals surface area contributed by atoms with Crippen molar-refractivity contribution in [1.29, 1.82) is 0 Å². The molecule has 0 aliphatic carbocycles. The van der Waals surface area contributed by atoms with Gasteiger partial charge < -0.3 is 20.6 Å². The maximum Gasteiger partial charge on any atom is 0.325 e. The summed E-state index contributed by atoms with van der Waals surface area (Å²) in [5.74, 6) is -2.64. The second-order valence-electron chi connectivity index (χ2n) is 8.74. The molecule has 1 aromatic heterocycles. The third-order valence-electron chi connectivity index (χ3n) is 5.77. The molecule has 1 aromatic rings. The lowest BCUT2D eigenvalue weighted by Gasteiger charge is -2.43. The highest BCUT2D eigenvalue weighted by molar-refractivity contribution is 6.28. The first kappa shape index (κ1) is 24.8. The van der Waals surface area contributed by atoms with Gasteiger partial charge >= 0.3 is 6.21 Å². The summed E-state index contributed by atoms with van der Waals surface area (Å²) in [7, 11) is 0. The number of hydrogen-bond acceptors (Lipinski definition) is 6. The molecule has 2 N–H and O–H groups in total. The minimum absolute atomic E-state index is 0.0150. The van der Waals surface area contributed by atoms with Gasteiger partial charge in [0.25, 0.3) is 17.6 Å². The van der Waals surface area contributed by atoms with Crippen molar-refractivity contribution in [2.45, 2.75) is 64.1 Å². The quantitative estimate of drug-likeness (QED) is 0.314. The number of rotatable bonds is 8. The van der Waals surface area contributed by atoms with Crippen LogP contribution in [-0.2, 0) is 19.2 Å². The van der Waals surface area contributed by atoms with Gasteiger partial charge in [0.1, 0.15) is 12.1 Å². The van der Waals surface area contributed by atoms with E-state index in [1.54, 1.807) is 0 Å². The molecule has 4 amide bonds. The fourth-order valence-corrected chi connectivity index (χ4v) is 4.18. The average Bonchev–Trinajstić information content (AvgIpc) is 3.31. The summed E-state index contributed by atoms with van der Waals surface area (Å²) >= 11 is 0. The van der Waals surface area contributed by atoms with E-state index in [0.29, 0.717) is 12.8 Å². The van der Waals surface area contributed by atoms with Crippen LogP contribution < -0.4 is 10.6 Å². The molecule has 0 saturated carbocycles. The predicted octanol–water partition coefficient (Wildman–Crippen LogP) is 0.307. The fraction of sp³-hybridized carbons (Fsp3) is 0.545. The van der Waals surface area contributed by atoms with Gasteiger partial charge in [0.15, 0.2) is 5.76 Å². The molecule has 0 bridgehead atoms. The number of amides is 4. The Labute approximate surface area is 196 Å². The standard InChI is InChI=1S/C22H28N6O6/c1-13(2)11-15(17(29)12-24-23)26-20(31)16-5-3-9-27-19(30)8-7-14(22(33)28(16)27)25-21(32)18-6-4-10-34-18/h4,6,10,12-16H,3,5,7-9,11H2,1-2H3,(H,25,32)(H,26,31)/t14-,15-,16-/m0/s1. The molecular weight excluding hydrogens is 444 g/mol. The monoisotopic (exact) mass is 472 g/mol. The average molecular weight is 473 g/mol. The van der Waals surface area contributed by atoms with Crippen LogP contribution in [0, 0.1) is 5.92 Å². The summed E-state index contributed by atoms with van der Waals surface area (Å²) in [6.45, 7) is 4.00. The van der Waals surface area contributed by atoms with Crippen LogP contribution in [0.15, 0.2) is 22.8 Å². The van der Waals surface area contributed by atoms with Crippen molar-refractivity contribution in [3.63, 3.8) is 0 Å². The minimum Gasteiger partial charge on any atom is -0.459 e. The molecule has 34 heavy (non-hydrogen) atoms. The third-order valence-corrected chi connectivity index (χ3v) is 5.77. The van der Waals surface area contributed by atoms with E-state index in [2.05, 4.69) is 15.4 Å². The van der Waals surface area contributed by atoms with Crippen LogP contribution in [0.5, 0.6) is 0 Å². The van der Waals surface area contributed by atoms with Crippen LogP contribution in [0.1, 0.15) is 56.5 Å². The highest BCUT2D eigenvalue weighted by Gasteiger charge is 2.45. The molecule has 0 spiro atoms. The lowest BCUT2D eigenvalue weighted by molar-refractivity contribution is -0.176. The number of furan rings is 1. The maximum absolute atomic E-state index is 13.4. The minimum atomic E-state index is -1.04. The summed E-state index contributed by atoms with van der Waals surface area (Å²) in [6, 6.07) is -0.0382. The molecule has 12 nitrogen and oxygen atoms in total. The number of carbonyl (C=O) groups is 5. The number of hydrogen-bond donors (Lipinski definition) is 2. The van der Waals surface area contributed by atoms with E-state index in [4.69, 9.17) is 9.95 Å². The van der Waals surface area contributed by atoms with E-state index >= 15 is 0 Å². The van der Waals surface area contributed by atoms with Crippen LogP contribution in [0.3, 0.4) is 0 Å². The van der Waals surface area contributed by atoms with Crippen molar-refractivity contribution in [2.75, 3.05) is 6.54 Å². The predicted molar refractivity (Wildman–Crippen MR) is 117 cm³/mol. The SMILES string of the molecule is CC(C)C[C@H](NC(=O)[C@@H]1CCCN2C(=O)CC[C@H](NC(=O)c3ccco3)C(=O)N12)C(=O)C=[N+]=[N-]. The molecule has 3 atom stereocenters. The lowest BCUT2D eigenvalue weighted by Crippen LogP contribution is -2.64. The molecule has 12 heteroatoms. The second kappa shape index (κ2) is 10.9. The van der Waals surface area contributed by atoms with Crippen LogP contribution in [-0.4, -0.2) is 75.1 Å². The Balaban J connectivity index is 1.83. The first-order chi connectivity index (χ1) is 16.2. The van der Waals surface area contributed by atoms with Gasteiger partial charge in [0.2, 0.25) is 11.8 Å². The zero-order valence-electron chi connectivity index (χ0n) is 19.1. The van der Waals surface area contributed by atoms with Gasteiger partial charge in [-0.1, -0.05) is 13.8 Å². The van der Waals surface area contributed by atoms with Crippen molar-refractivity contribution in [3.8, 4) is 0 Å². The Morgan fingerprint density at radius 1 is 1.29 bits per heavy atom. The van der Waals surface area contributed by atoms with Gasteiger partial charge in [-0.3, -0.25) is 29.0 Å². The molecule has 182 valence electrons. The number of nitrogens with zero attached hydrogens (tertiary/aromatic N) is 4. The lowest BCUT2D eigenvalue weighted by atomic mass is 9.99. The number of Topliss-reactive ketones (excluding diaryl/α,β-unsaturated/α-hetero) is 1. The first-order valence-electron chi connectivity index (χ1n) is 11.2. The van der Waals surface area contributed by atoms with Crippen LogP contribution in [0.25, 0.3) is 5.53 Å². The Kier molecular flexibility index (Phi) is 7.95. The van der Waals surface area contributed by atoms with Crippen molar-refractivity contribution in [1.82, 2.24) is 20.7 Å². The number of carbonyl (C=O) groups excluding carboxylic acids is 5. The molecule has 2 fully saturated rings. The van der Waals surface area contributed by atoms with Gasteiger partial charge in [-0.25, -0.2) is 5.01 Å². The summed E-state index contributed by atoms with van der Waals surface area (Å²) in [6.07, 6.45) is 3.20. The first-order valence-corrected chi connectivity index (χ1v) is 11.2. The van der Waals surface area contributed by atoms with Gasteiger partial charge in [-0.2, -0.15) is 4.79 Å². The van der Waals surface area contributed by atoms with Crippen molar-refractivity contribution >= 4 is 35.6 Å². The third kappa shape index (κ3) is 5.57. The largest absolute Gasteiger partial charge is 0.459 e. The molecule has 2 aliphatic rings. The van der Waals surface area contributed by atoms with E-state index in [0.717, 1.165) is 11.2 Å². The Bertz CT molecular complexity index is 1000. The van der Waals surface area contributed by atoms with Gasteiger partial charge in [-0.05, 0) is 43.7 Å². The van der Waals surface area contributed by atoms with Crippen molar-refractivity contribution in [3.05, 3.63) is 29.7 Å². The smallest absolute Gasteiger partial charge is 0.325 e. The van der Waals surface area contributed by atoms with Crippen molar-refractivity contribution in [2.24, 2.45) is 5.92 Å². The Hall–Kier alpha value is -3.79. The zero-order chi connectivity index (χ0) is 24.8. The molecular formula is C22H28N6O6. The molecule has 3 heterocycles. The second-order valence-corrected chi connectivity index (χ2v) is 8.74. The van der Waals surface area contributed by atoms with Gasteiger partial charge in [0.05, 0.1) is 12.3 Å². The Morgan fingerprint density at radius 2 is 2.06 bits per heavy atom. The number of ketones is 1. The Morgan fingerprint density at radius 3 is 2.71 bits per heavy atom. The molecule has 2 saturated heterocycles. The summed E-state index contributed by atoms with van der Waals surface area (Å²) in [5.41, 5.74) is 8.72. The summed E-state index contributed by atoms with van der Waals surface area (Å²) < 4.78 is 5.07. The summed E-state index contributed by atoms with van der Waals surface area (Å²) in [5, 5.41) is 7.60. The van der Waals surface area contributed by atoms with Crippen molar-refractivity contribution < 1.29 is 33.2 Å². The highest BCUT2D eigenvalue weighted by Crippen LogP contribution is 2.25. The van der Waals surface area contributed by atoms with Gasteiger partial charge in [-0.15, -0.1) is 0 Å².